The van der Waals surface area contributed by atoms with Gasteiger partial charge in [0.15, 0.2) is 0 Å². The maximum absolute atomic E-state index is 12.0. The Morgan fingerprint density at radius 3 is 2.28 bits per heavy atom. The minimum absolute atomic E-state index is 0.116. The van der Waals surface area contributed by atoms with Crippen LogP contribution < -0.4 is 5.32 Å². The molecule has 0 aliphatic heterocycles. The average Bonchev–Trinajstić information content (AvgIpc) is 2.28. The molecule has 0 saturated heterocycles. The van der Waals surface area contributed by atoms with Crippen LogP contribution in [0, 0.1) is 0 Å². The summed E-state index contributed by atoms with van der Waals surface area (Å²) in [4.78, 5) is 12.0. The Labute approximate surface area is 113 Å². The molecule has 108 valence electrons. The van der Waals surface area contributed by atoms with Gasteiger partial charge in [0, 0.05) is 6.04 Å². The van der Waals surface area contributed by atoms with Crippen molar-refractivity contribution in [1.29, 1.82) is 0 Å². The largest absolute Gasteiger partial charge is 0.465 e. The number of nitrogens with one attached hydrogen (secondary N) is 1. The summed E-state index contributed by atoms with van der Waals surface area (Å²) in [5.41, 5.74) is -0.531. The molecule has 1 atom stereocenters. The Balaban J connectivity index is 4.25. The quantitative estimate of drug-likeness (QED) is 0.479. The molecule has 3 heteroatoms. The first kappa shape index (κ1) is 17.4. The maximum Gasteiger partial charge on any atom is 0.326 e. The highest BCUT2D eigenvalue weighted by Gasteiger charge is 2.34. The SMILES string of the molecule is CCCCCCCC(C)(NC(C)C)C(=O)OCC. The lowest BCUT2D eigenvalue weighted by atomic mass is 9.93. The van der Waals surface area contributed by atoms with Gasteiger partial charge in [0.05, 0.1) is 6.61 Å². The number of rotatable bonds is 10. The van der Waals surface area contributed by atoms with Crippen molar-refractivity contribution in [2.24, 2.45) is 0 Å². The fourth-order valence-corrected chi connectivity index (χ4v) is 2.24. The summed E-state index contributed by atoms with van der Waals surface area (Å²) in [6.45, 7) is 10.6. The number of ether oxygens (including phenoxy) is 1. The molecule has 3 nitrogen and oxygen atoms in total. The molecule has 0 heterocycles. The van der Waals surface area contributed by atoms with Crippen LogP contribution in [0.3, 0.4) is 0 Å². The molecule has 1 unspecified atom stereocenters. The van der Waals surface area contributed by atoms with E-state index in [0.717, 1.165) is 12.8 Å². The van der Waals surface area contributed by atoms with Crippen molar-refractivity contribution < 1.29 is 9.53 Å². The van der Waals surface area contributed by atoms with E-state index in [-0.39, 0.29) is 12.0 Å². The normalized spacial score (nSPS) is 14.6. The molecule has 1 N–H and O–H groups in total. The molecule has 0 saturated carbocycles. The van der Waals surface area contributed by atoms with Gasteiger partial charge in [0.2, 0.25) is 0 Å². The third-order valence-electron chi connectivity index (χ3n) is 3.11. The average molecular weight is 257 g/mol. The van der Waals surface area contributed by atoms with Gasteiger partial charge >= 0.3 is 5.97 Å². The van der Waals surface area contributed by atoms with E-state index in [9.17, 15) is 4.79 Å². The molecule has 0 aliphatic rings. The van der Waals surface area contributed by atoms with Crippen molar-refractivity contribution in [1.82, 2.24) is 5.32 Å². The first-order chi connectivity index (χ1) is 8.46. The van der Waals surface area contributed by atoms with Crippen LogP contribution in [0.5, 0.6) is 0 Å². The van der Waals surface area contributed by atoms with E-state index in [1.807, 2.05) is 13.8 Å². The number of carbonyl (C=O) groups excluding carboxylic acids is 1. The first-order valence-corrected chi connectivity index (χ1v) is 7.41. The predicted octanol–water partition coefficient (Wildman–Crippen LogP) is 3.67. The second-order valence-electron chi connectivity index (χ2n) is 5.52. The van der Waals surface area contributed by atoms with Crippen LogP contribution in [-0.4, -0.2) is 24.2 Å². The van der Waals surface area contributed by atoms with Crippen LogP contribution in [0.4, 0.5) is 0 Å². The van der Waals surface area contributed by atoms with Crippen LogP contribution in [0.15, 0.2) is 0 Å². The number of esters is 1. The van der Waals surface area contributed by atoms with Gasteiger partial charge in [-0.1, -0.05) is 39.0 Å². The van der Waals surface area contributed by atoms with E-state index in [1.165, 1.54) is 25.7 Å². The second kappa shape index (κ2) is 9.37. The molecule has 0 radical (unpaired) electrons. The van der Waals surface area contributed by atoms with Gasteiger partial charge in [-0.25, -0.2) is 0 Å². The van der Waals surface area contributed by atoms with Crippen molar-refractivity contribution in [2.45, 2.75) is 84.7 Å². The van der Waals surface area contributed by atoms with Gasteiger partial charge in [0.1, 0.15) is 5.54 Å². The number of unbranched alkanes of at least 4 members (excludes halogenated alkanes) is 4. The summed E-state index contributed by atoms with van der Waals surface area (Å²) in [5.74, 6) is -0.116. The Morgan fingerprint density at radius 2 is 1.78 bits per heavy atom. The molecule has 0 aliphatic carbocycles. The summed E-state index contributed by atoms with van der Waals surface area (Å²) < 4.78 is 5.18. The molecule has 0 fully saturated rings. The molecule has 0 aromatic rings. The molecule has 0 aromatic heterocycles. The fourth-order valence-electron chi connectivity index (χ4n) is 2.24. The zero-order chi connectivity index (χ0) is 14.0. The van der Waals surface area contributed by atoms with Crippen molar-refractivity contribution >= 4 is 5.97 Å². The Bertz CT molecular complexity index is 229. The maximum atomic E-state index is 12.0. The Morgan fingerprint density at radius 1 is 1.17 bits per heavy atom. The summed E-state index contributed by atoms with van der Waals surface area (Å²) in [6.07, 6.45) is 6.93. The molecule has 0 amide bonds. The number of hydrogen-bond acceptors (Lipinski definition) is 3. The molecular formula is C15H31NO2. The second-order valence-corrected chi connectivity index (χ2v) is 5.52. The summed E-state index contributed by atoms with van der Waals surface area (Å²) in [6, 6.07) is 0.287. The molecule has 0 aromatic carbocycles. The standard InChI is InChI=1S/C15H31NO2/c1-6-8-9-10-11-12-15(5,16-13(3)4)14(17)18-7-2/h13,16H,6-12H2,1-5H3. The molecular weight excluding hydrogens is 226 g/mol. The van der Waals surface area contributed by atoms with Gasteiger partial charge in [-0.3, -0.25) is 10.1 Å². The highest BCUT2D eigenvalue weighted by molar-refractivity contribution is 5.80. The predicted molar refractivity (Wildman–Crippen MR) is 76.7 cm³/mol. The lowest BCUT2D eigenvalue weighted by Crippen LogP contribution is -2.53. The van der Waals surface area contributed by atoms with Gasteiger partial charge in [0.25, 0.3) is 0 Å². The van der Waals surface area contributed by atoms with Crippen molar-refractivity contribution in [3.8, 4) is 0 Å². The van der Waals surface area contributed by atoms with Crippen molar-refractivity contribution in [3.05, 3.63) is 0 Å². The molecule has 18 heavy (non-hydrogen) atoms. The van der Waals surface area contributed by atoms with E-state index in [0.29, 0.717) is 6.61 Å². The number of carbonyl (C=O) groups is 1. The lowest BCUT2D eigenvalue weighted by Gasteiger charge is -2.30. The van der Waals surface area contributed by atoms with Crippen LogP contribution in [-0.2, 0) is 9.53 Å². The van der Waals surface area contributed by atoms with Crippen molar-refractivity contribution in [2.75, 3.05) is 6.61 Å². The summed E-state index contributed by atoms with van der Waals surface area (Å²) >= 11 is 0. The Hall–Kier alpha value is -0.570. The van der Waals surface area contributed by atoms with Crippen LogP contribution in [0.2, 0.25) is 0 Å². The van der Waals surface area contributed by atoms with Crippen LogP contribution in [0.25, 0.3) is 0 Å². The molecule has 0 bridgehead atoms. The van der Waals surface area contributed by atoms with Gasteiger partial charge in [-0.05, 0) is 34.1 Å². The molecule has 0 rings (SSSR count). The summed E-state index contributed by atoms with van der Waals surface area (Å²) in [5, 5.41) is 3.36. The fraction of sp³-hybridized carbons (Fsp3) is 0.933. The van der Waals surface area contributed by atoms with Gasteiger partial charge < -0.3 is 4.74 Å². The number of hydrogen-bond donors (Lipinski definition) is 1. The minimum atomic E-state index is -0.531. The van der Waals surface area contributed by atoms with Crippen LogP contribution in [0.1, 0.15) is 73.1 Å². The zero-order valence-electron chi connectivity index (χ0n) is 12.8. The van der Waals surface area contributed by atoms with E-state index in [2.05, 4.69) is 26.1 Å². The van der Waals surface area contributed by atoms with E-state index < -0.39 is 5.54 Å². The van der Waals surface area contributed by atoms with Crippen molar-refractivity contribution in [3.63, 3.8) is 0 Å². The highest BCUT2D eigenvalue weighted by Crippen LogP contribution is 2.18. The minimum Gasteiger partial charge on any atom is -0.465 e. The highest BCUT2D eigenvalue weighted by atomic mass is 16.5. The summed E-state index contributed by atoms with van der Waals surface area (Å²) in [7, 11) is 0. The van der Waals surface area contributed by atoms with Gasteiger partial charge in [-0.15, -0.1) is 0 Å². The van der Waals surface area contributed by atoms with E-state index >= 15 is 0 Å². The third-order valence-corrected chi connectivity index (χ3v) is 3.11. The third kappa shape index (κ3) is 7.00. The molecule has 0 spiro atoms. The lowest BCUT2D eigenvalue weighted by molar-refractivity contribution is -0.151. The zero-order valence-corrected chi connectivity index (χ0v) is 12.8. The Kier molecular flexibility index (Phi) is 9.08. The monoisotopic (exact) mass is 257 g/mol. The first-order valence-electron chi connectivity index (χ1n) is 7.41. The van der Waals surface area contributed by atoms with E-state index in [1.54, 1.807) is 0 Å². The van der Waals surface area contributed by atoms with Crippen LogP contribution >= 0.6 is 0 Å². The van der Waals surface area contributed by atoms with Gasteiger partial charge in [-0.2, -0.15) is 0 Å². The smallest absolute Gasteiger partial charge is 0.326 e. The van der Waals surface area contributed by atoms with E-state index in [4.69, 9.17) is 4.74 Å². The topological polar surface area (TPSA) is 38.3 Å².